The van der Waals surface area contributed by atoms with E-state index in [4.69, 9.17) is 4.42 Å². The Balaban J connectivity index is 1.98. The van der Waals surface area contributed by atoms with E-state index in [9.17, 15) is 10.1 Å². The van der Waals surface area contributed by atoms with Gasteiger partial charge in [-0.1, -0.05) is 12.1 Å². The zero-order valence-electron chi connectivity index (χ0n) is 9.52. The molecule has 7 heteroatoms. The van der Waals surface area contributed by atoms with Crippen LogP contribution in [0.25, 0.3) is 10.1 Å². The summed E-state index contributed by atoms with van der Waals surface area (Å²) in [6, 6.07) is 8.96. The van der Waals surface area contributed by atoms with Crippen molar-refractivity contribution in [3.05, 3.63) is 52.5 Å². The Hall–Kier alpha value is -2.54. The molecule has 3 rings (SSSR count). The smallest absolute Gasteiger partial charge is 0.316 e. The molecule has 94 valence electrons. The number of nitrogens with zero attached hydrogens (tertiary/aromatic N) is 3. The van der Waals surface area contributed by atoms with Crippen LogP contribution in [-0.4, -0.2) is 15.5 Å². The molecule has 0 amide bonds. The molecule has 0 bridgehead atoms. The minimum atomic E-state index is -0.510. The lowest BCUT2D eigenvalue weighted by Crippen LogP contribution is -1.89. The van der Waals surface area contributed by atoms with Gasteiger partial charge in [-0.25, -0.2) is 4.99 Å². The molecule has 1 aromatic carbocycles. The summed E-state index contributed by atoms with van der Waals surface area (Å²) >= 11 is 1.33. The number of hydrogen-bond acceptors (Lipinski definition) is 6. The van der Waals surface area contributed by atoms with Gasteiger partial charge in [0.25, 0.3) is 0 Å². The molecular weight excluding hydrogens is 266 g/mol. The first-order valence-corrected chi connectivity index (χ1v) is 6.13. The van der Waals surface area contributed by atoms with Crippen molar-refractivity contribution in [3.8, 4) is 0 Å². The van der Waals surface area contributed by atoms with Crippen molar-refractivity contribution in [2.75, 3.05) is 0 Å². The molecule has 0 N–H and O–H groups in total. The molecular formula is C12H7N3O3S. The predicted molar refractivity (Wildman–Crippen MR) is 72.2 cm³/mol. The summed E-state index contributed by atoms with van der Waals surface area (Å²) in [4.78, 5) is 14.4. The van der Waals surface area contributed by atoms with Crippen LogP contribution < -0.4 is 0 Å². The number of rotatable bonds is 3. The van der Waals surface area contributed by atoms with E-state index in [1.54, 1.807) is 0 Å². The largest absolute Gasteiger partial charge is 0.456 e. The fourth-order valence-electron chi connectivity index (χ4n) is 1.65. The van der Waals surface area contributed by atoms with Gasteiger partial charge in [0.15, 0.2) is 5.82 Å². The van der Waals surface area contributed by atoms with E-state index in [1.165, 1.54) is 30.1 Å². The highest BCUT2D eigenvalue weighted by Gasteiger charge is 2.15. The summed E-state index contributed by atoms with van der Waals surface area (Å²) in [5, 5.41) is 11.6. The molecule has 6 nitrogen and oxygen atoms in total. The van der Waals surface area contributed by atoms with Crippen LogP contribution in [0.2, 0.25) is 0 Å². The Morgan fingerprint density at radius 2 is 2.21 bits per heavy atom. The molecule has 2 heterocycles. The van der Waals surface area contributed by atoms with Crippen LogP contribution >= 0.6 is 11.5 Å². The average molecular weight is 273 g/mol. The summed E-state index contributed by atoms with van der Waals surface area (Å²) in [6.07, 6.45) is 2.58. The molecule has 0 saturated carbocycles. The second-order valence-electron chi connectivity index (χ2n) is 3.69. The topological polar surface area (TPSA) is 81.5 Å². The van der Waals surface area contributed by atoms with Crippen molar-refractivity contribution in [1.29, 1.82) is 0 Å². The van der Waals surface area contributed by atoms with Crippen molar-refractivity contribution in [2.45, 2.75) is 0 Å². The van der Waals surface area contributed by atoms with E-state index in [1.807, 2.05) is 24.3 Å². The van der Waals surface area contributed by atoms with E-state index in [0.717, 1.165) is 10.1 Å². The maximum absolute atomic E-state index is 10.7. The first-order chi connectivity index (χ1) is 9.25. The number of hydrogen-bond donors (Lipinski definition) is 0. The lowest BCUT2D eigenvalue weighted by atomic mass is 10.3. The third-order valence-electron chi connectivity index (χ3n) is 2.53. The fraction of sp³-hybridized carbons (Fsp3) is 0. The highest BCUT2D eigenvalue weighted by atomic mass is 32.1. The summed E-state index contributed by atoms with van der Waals surface area (Å²) in [7, 11) is 0. The third kappa shape index (κ3) is 2.11. The van der Waals surface area contributed by atoms with Gasteiger partial charge in [-0.2, -0.15) is 4.37 Å². The summed E-state index contributed by atoms with van der Waals surface area (Å²) in [5.41, 5.74) is -0.108. The molecule has 0 aliphatic rings. The van der Waals surface area contributed by atoms with Crippen molar-refractivity contribution < 1.29 is 9.34 Å². The van der Waals surface area contributed by atoms with Crippen LogP contribution in [0, 0.1) is 10.1 Å². The van der Waals surface area contributed by atoms with Crippen LogP contribution in [0.5, 0.6) is 0 Å². The van der Waals surface area contributed by atoms with Gasteiger partial charge in [-0.15, -0.1) is 0 Å². The van der Waals surface area contributed by atoms with Gasteiger partial charge in [0.2, 0.25) is 5.76 Å². The van der Waals surface area contributed by atoms with Crippen LogP contribution in [0.3, 0.4) is 0 Å². The Labute approximate surface area is 111 Å². The molecule has 0 atom stereocenters. The van der Waals surface area contributed by atoms with E-state index in [2.05, 4.69) is 9.37 Å². The van der Waals surface area contributed by atoms with Crippen molar-refractivity contribution in [1.82, 2.24) is 4.37 Å². The lowest BCUT2D eigenvalue weighted by Gasteiger charge is -1.89. The highest BCUT2D eigenvalue weighted by molar-refractivity contribution is 7.13. The van der Waals surface area contributed by atoms with Crippen LogP contribution in [0.1, 0.15) is 5.76 Å². The number of aliphatic imine (C=N–C) groups is 1. The van der Waals surface area contributed by atoms with Crippen molar-refractivity contribution in [3.63, 3.8) is 0 Å². The molecule has 3 aromatic rings. The van der Waals surface area contributed by atoms with E-state index >= 15 is 0 Å². The number of aromatic nitrogens is 1. The Morgan fingerprint density at radius 1 is 1.37 bits per heavy atom. The SMILES string of the molecule is O=[N+]([O-])c1ccoc1C=Nc1nsc2ccccc12. The summed E-state index contributed by atoms with van der Waals surface area (Å²) in [6.45, 7) is 0. The van der Waals surface area contributed by atoms with E-state index < -0.39 is 4.92 Å². The van der Waals surface area contributed by atoms with E-state index in [0.29, 0.717) is 5.82 Å². The average Bonchev–Trinajstić information content (AvgIpc) is 3.03. The molecule has 19 heavy (non-hydrogen) atoms. The fourth-order valence-corrected chi connectivity index (χ4v) is 2.37. The normalized spacial score (nSPS) is 11.4. The standard InChI is InChI=1S/C12H7N3O3S/c16-15(17)9-5-6-18-10(9)7-13-12-8-3-1-2-4-11(8)19-14-12/h1-7H. The first-order valence-electron chi connectivity index (χ1n) is 5.36. The Morgan fingerprint density at radius 3 is 3.05 bits per heavy atom. The maximum atomic E-state index is 10.7. The van der Waals surface area contributed by atoms with Gasteiger partial charge in [0.05, 0.1) is 28.2 Å². The number of benzene rings is 1. The van der Waals surface area contributed by atoms with Gasteiger partial charge < -0.3 is 4.42 Å². The number of fused-ring (bicyclic) bond motifs is 1. The number of nitro groups is 1. The molecule has 2 aromatic heterocycles. The van der Waals surface area contributed by atoms with Crippen LogP contribution in [0.4, 0.5) is 11.5 Å². The van der Waals surface area contributed by atoms with Gasteiger partial charge in [-0.05, 0) is 23.7 Å². The minimum Gasteiger partial charge on any atom is -0.456 e. The molecule has 0 unspecified atom stereocenters. The van der Waals surface area contributed by atoms with Crippen LogP contribution in [-0.2, 0) is 0 Å². The second-order valence-corrected chi connectivity index (χ2v) is 4.49. The zero-order chi connectivity index (χ0) is 13.2. The molecule has 0 aliphatic carbocycles. The maximum Gasteiger partial charge on any atom is 0.316 e. The van der Waals surface area contributed by atoms with Crippen molar-refractivity contribution >= 4 is 39.3 Å². The third-order valence-corrected chi connectivity index (χ3v) is 3.35. The number of furan rings is 1. The quantitative estimate of drug-likeness (QED) is 0.415. The predicted octanol–water partition coefficient (Wildman–Crippen LogP) is 3.55. The van der Waals surface area contributed by atoms with Gasteiger partial charge in [0, 0.05) is 5.39 Å². The van der Waals surface area contributed by atoms with Gasteiger partial charge >= 0.3 is 5.69 Å². The minimum absolute atomic E-state index is 0.108. The molecule has 0 saturated heterocycles. The zero-order valence-corrected chi connectivity index (χ0v) is 10.3. The summed E-state index contributed by atoms with van der Waals surface area (Å²) < 4.78 is 10.2. The Kier molecular flexibility index (Phi) is 2.81. The monoisotopic (exact) mass is 273 g/mol. The lowest BCUT2D eigenvalue weighted by molar-refractivity contribution is -0.385. The van der Waals surface area contributed by atoms with Crippen molar-refractivity contribution in [2.24, 2.45) is 4.99 Å². The molecule has 0 fully saturated rings. The second kappa shape index (κ2) is 4.62. The first kappa shape index (κ1) is 11.5. The summed E-state index contributed by atoms with van der Waals surface area (Å²) in [5.74, 6) is 0.647. The highest BCUT2D eigenvalue weighted by Crippen LogP contribution is 2.28. The van der Waals surface area contributed by atoms with Gasteiger partial charge in [-0.3, -0.25) is 10.1 Å². The van der Waals surface area contributed by atoms with Gasteiger partial charge in [0.1, 0.15) is 0 Å². The Bertz CT molecular complexity index is 775. The molecule has 0 aliphatic heterocycles. The van der Waals surface area contributed by atoms with E-state index in [-0.39, 0.29) is 11.4 Å². The molecule has 0 spiro atoms. The molecule has 0 radical (unpaired) electrons. The van der Waals surface area contributed by atoms with Crippen LogP contribution in [0.15, 0.2) is 46.0 Å².